The fourth-order valence-corrected chi connectivity index (χ4v) is 1.83. The van der Waals surface area contributed by atoms with Crippen LogP contribution in [0.3, 0.4) is 0 Å². The van der Waals surface area contributed by atoms with Crippen LogP contribution in [0.1, 0.15) is 10.4 Å². The molecule has 4 nitrogen and oxygen atoms in total. The van der Waals surface area contributed by atoms with Crippen molar-refractivity contribution in [3.05, 3.63) is 48.0 Å². The molecule has 0 fully saturated rings. The summed E-state index contributed by atoms with van der Waals surface area (Å²) in [7, 11) is 3.18. The second-order valence-corrected chi connectivity index (χ2v) is 3.95. The van der Waals surface area contributed by atoms with E-state index in [0.717, 1.165) is 11.1 Å². The van der Waals surface area contributed by atoms with Gasteiger partial charge in [0.25, 0.3) is 0 Å². The standard InChI is InChI=1S/C15H14O4/c1-18-12-7-8-13(14(9-12)19-2)10-3-5-11(6-4-10)15(16)17/h3-9H,1-2H3,(H,16,17). The Bertz CT molecular complexity index is 588. The average molecular weight is 258 g/mol. The molecule has 0 aliphatic heterocycles. The Kier molecular flexibility index (Phi) is 3.71. The summed E-state index contributed by atoms with van der Waals surface area (Å²) in [6.07, 6.45) is 0. The van der Waals surface area contributed by atoms with E-state index in [9.17, 15) is 4.79 Å². The number of hydrogen-bond acceptors (Lipinski definition) is 3. The van der Waals surface area contributed by atoms with Gasteiger partial charge in [-0.2, -0.15) is 0 Å². The second kappa shape index (κ2) is 5.44. The molecular weight excluding hydrogens is 244 g/mol. The minimum atomic E-state index is -0.937. The second-order valence-electron chi connectivity index (χ2n) is 3.95. The van der Waals surface area contributed by atoms with Crippen molar-refractivity contribution in [2.24, 2.45) is 0 Å². The monoisotopic (exact) mass is 258 g/mol. The minimum absolute atomic E-state index is 0.260. The van der Waals surface area contributed by atoms with E-state index in [4.69, 9.17) is 14.6 Å². The van der Waals surface area contributed by atoms with E-state index in [1.807, 2.05) is 12.1 Å². The molecule has 0 bridgehead atoms. The molecule has 4 heteroatoms. The number of rotatable bonds is 4. The first kappa shape index (κ1) is 13.0. The van der Waals surface area contributed by atoms with Gasteiger partial charge in [0.05, 0.1) is 19.8 Å². The Morgan fingerprint density at radius 3 is 2.21 bits per heavy atom. The number of aromatic carboxylic acids is 1. The molecule has 0 aliphatic rings. The highest BCUT2D eigenvalue weighted by Gasteiger charge is 2.08. The minimum Gasteiger partial charge on any atom is -0.497 e. The van der Waals surface area contributed by atoms with Gasteiger partial charge >= 0.3 is 5.97 Å². The van der Waals surface area contributed by atoms with Crippen LogP contribution in [-0.2, 0) is 0 Å². The van der Waals surface area contributed by atoms with Gasteiger partial charge in [-0.3, -0.25) is 0 Å². The largest absolute Gasteiger partial charge is 0.497 e. The highest BCUT2D eigenvalue weighted by atomic mass is 16.5. The Hall–Kier alpha value is -2.49. The summed E-state index contributed by atoms with van der Waals surface area (Å²) < 4.78 is 10.5. The molecule has 0 saturated carbocycles. The third-order valence-corrected chi connectivity index (χ3v) is 2.85. The van der Waals surface area contributed by atoms with Crippen LogP contribution >= 0.6 is 0 Å². The number of hydrogen-bond donors (Lipinski definition) is 1. The van der Waals surface area contributed by atoms with E-state index in [1.54, 1.807) is 44.6 Å². The molecule has 0 heterocycles. The van der Waals surface area contributed by atoms with E-state index in [1.165, 1.54) is 0 Å². The lowest BCUT2D eigenvalue weighted by Gasteiger charge is -2.10. The van der Waals surface area contributed by atoms with Gasteiger partial charge in [0.15, 0.2) is 0 Å². The molecule has 2 aromatic rings. The van der Waals surface area contributed by atoms with Crippen molar-refractivity contribution in [3.8, 4) is 22.6 Å². The van der Waals surface area contributed by atoms with Crippen LogP contribution in [0.2, 0.25) is 0 Å². The lowest BCUT2D eigenvalue weighted by Crippen LogP contribution is -1.95. The molecule has 0 unspecified atom stereocenters. The molecule has 0 aliphatic carbocycles. The number of ether oxygens (including phenoxy) is 2. The molecule has 0 amide bonds. The van der Waals surface area contributed by atoms with Gasteiger partial charge in [-0.05, 0) is 29.8 Å². The molecule has 0 aromatic heterocycles. The highest BCUT2D eigenvalue weighted by molar-refractivity contribution is 5.88. The van der Waals surface area contributed by atoms with Gasteiger partial charge in [-0.25, -0.2) is 4.79 Å². The predicted molar refractivity (Wildman–Crippen MR) is 71.9 cm³/mol. The molecule has 0 radical (unpaired) electrons. The Labute approximate surface area is 111 Å². The van der Waals surface area contributed by atoms with E-state index in [0.29, 0.717) is 11.5 Å². The zero-order valence-corrected chi connectivity index (χ0v) is 10.7. The number of carboxylic acids is 1. The molecule has 19 heavy (non-hydrogen) atoms. The molecule has 0 saturated heterocycles. The van der Waals surface area contributed by atoms with Crippen LogP contribution in [0.25, 0.3) is 11.1 Å². The Morgan fingerprint density at radius 2 is 1.68 bits per heavy atom. The zero-order chi connectivity index (χ0) is 13.8. The van der Waals surface area contributed by atoms with Gasteiger partial charge in [0.1, 0.15) is 11.5 Å². The summed E-state index contributed by atoms with van der Waals surface area (Å²) in [5, 5.41) is 8.87. The van der Waals surface area contributed by atoms with Gasteiger partial charge in [0, 0.05) is 11.6 Å². The average Bonchev–Trinajstić information content (AvgIpc) is 2.46. The predicted octanol–water partition coefficient (Wildman–Crippen LogP) is 3.07. The lowest BCUT2D eigenvalue weighted by atomic mass is 10.0. The quantitative estimate of drug-likeness (QED) is 0.915. The van der Waals surface area contributed by atoms with Gasteiger partial charge in [-0.15, -0.1) is 0 Å². The van der Waals surface area contributed by atoms with Gasteiger partial charge < -0.3 is 14.6 Å². The van der Waals surface area contributed by atoms with Crippen molar-refractivity contribution in [1.29, 1.82) is 0 Å². The van der Waals surface area contributed by atoms with Crippen molar-refractivity contribution in [2.75, 3.05) is 14.2 Å². The fraction of sp³-hybridized carbons (Fsp3) is 0.133. The fourth-order valence-electron chi connectivity index (χ4n) is 1.83. The first-order chi connectivity index (χ1) is 9.15. The molecule has 98 valence electrons. The van der Waals surface area contributed by atoms with Gasteiger partial charge in [-0.1, -0.05) is 12.1 Å². The first-order valence-electron chi connectivity index (χ1n) is 5.71. The number of carbonyl (C=O) groups is 1. The summed E-state index contributed by atoms with van der Waals surface area (Å²) in [5.74, 6) is 0.457. The smallest absolute Gasteiger partial charge is 0.335 e. The molecule has 0 spiro atoms. The summed E-state index contributed by atoms with van der Waals surface area (Å²) in [6.45, 7) is 0. The topological polar surface area (TPSA) is 55.8 Å². The Morgan fingerprint density at radius 1 is 1.00 bits per heavy atom. The van der Waals surface area contributed by atoms with Crippen molar-refractivity contribution in [2.45, 2.75) is 0 Å². The number of methoxy groups -OCH3 is 2. The van der Waals surface area contributed by atoms with Crippen LogP contribution in [0.4, 0.5) is 0 Å². The highest BCUT2D eigenvalue weighted by Crippen LogP contribution is 2.33. The summed E-state index contributed by atoms with van der Waals surface area (Å²) >= 11 is 0. The van der Waals surface area contributed by atoms with Crippen molar-refractivity contribution < 1.29 is 19.4 Å². The SMILES string of the molecule is COc1ccc(-c2ccc(C(=O)O)cc2)c(OC)c1. The maximum atomic E-state index is 10.8. The zero-order valence-electron chi connectivity index (χ0n) is 10.7. The van der Waals surface area contributed by atoms with Gasteiger partial charge in [0.2, 0.25) is 0 Å². The Balaban J connectivity index is 2.43. The lowest BCUT2D eigenvalue weighted by molar-refractivity contribution is 0.0697. The number of benzene rings is 2. The normalized spacial score (nSPS) is 10.0. The van der Waals surface area contributed by atoms with Crippen LogP contribution in [0.5, 0.6) is 11.5 Å². The van der Waals surface area contributed by atoms with E-state index in [2.05, 4.69) is 0 Å². The summed E-state index contributed by atoms with van der Waals surface area (Å²) in [5.41, 5.74) is 2.04. The molecule has 2 rings (SSSR count). The van der Waals surface area contributed by atoms with Crippen molar-refractivity contribution in [3.63, 3.8) is 0 Å². The third-order valence-electron chi connectivity index (χ3n) is 2.85. The maximum Gasteiger partial charge on any atom is 0.335 e. The van der Waals surface area contributed by atoms with Crippen molar-refractivity contribution in [1.82, 2.24) is 0 Å². The maximum absolute atomic E-state index is 10.8. The number of carboxylic acid groups (broad SMARTS) is 1. The van der Waals surface area contributed by atoms with Crippen LogP contribution in [0.15, 0.2) is 42.5 Å². The summed E-state index contributed by atoms with van der Waals surface area (Å²) in [6, 6.07) is 12.2. The van der Waals surface area contributed by atoms with Crippen LogP contribution in [0, 0.1) is 0 Å². The van der Waals surface area contributed by atoms with E-state index >= 15 is 0 Å². The third kappa shape index (κ3) is 2.68. The van der Waals surface area contributed by atoms with Crippen molar-refractivity contribution >= 4 is 5.97 Å². The van der Waals surface area contributed by atoms with Crippen LogP contribution in [-0.4, -0.2) is 25.3 Å². The molecule has 0 atom stereocenters. The molecular formula is C15H14O4. The van der Waals surface area contributed by atoms with E-state index in [-0.39, 0.29) is 5.56 Å². The molecule has 2 aromatic carbocycles. The first-order valence-corrected chi connectivity index (χ1v) is 5.71. The van der Waals surface area contributed by atoms with E-state index < -0.39 is 5.97 Å². The van der Waals surface area contributed by atoms with Crippen LogP contribution < -0.4 is 9.47 Å². The molecule has 1 N–H and O–H groups in total. The summed E-state index contributed by atoms with van der Waals surface area (Å²) in [4.78, 5) is 10.8.